The van der Waals surface area contributed by atoms with Crippen LogP contribution in [0.1, 0.15) is 33.1 Å². The predicted molar refractivity (Wildman–Crippen MR) is 49.3 cm³/mol. The van der Waals surface area contributed by atoms with Gasteiger partial charge < -0.3 is 10.4 Å². The Labute approximate surface area is 78.3 Å². The van der Waals surface area contributed by atoms with Crippen molar-refractivity contribution in [1.29, 1.82) is 0 Å². The second-order valence-corrected chi connectivity index (χ2v) is 3.22. The van der Waals surface area contributed by atoms with Crippen LogP contribution in [-0.2, 0) is 9.59 Å². The van der Waals surface area contributed by atoms with E-state index in [2.05, 4.69) is 19.2 Å². The molecule has 1 atom stereocenters. The van der Waals surface area contributed by atoms with Crippen LogP contribution in [0.15, 0.2) is 0 Å². The average molecular weight is 187 g/mol. The van der Waals surface area contributed by atoms with Crippen molar-refractivity contribution in [2.75, 3.05) is 6.54 Å². The molecule has 0 aliphatic heterocycles. The number of carbonyl (C=O) groups excluding carboxylic acids is 1. The Hall–Kier alpha value is -1.06. The van der Waals surface area contributed by atoms with E-state index in [1.807, 2.05) is 0 Å². The van der Waals surface area contributed by atoms with Crippen LogP contribution >= 0.6 is 0 Å². The number of amides is 1. The summed E-state index contributed by atoms with van der Waals surface area (Å²) in [6, 6.07) is 0. The van der Waals surface area contributed by atoms with Gasteiger partial charge in [0.05, 0.1) is 0 Å². The molecule has 0 aliphatic rings. The monoisotopic (exact) mass is 187 g/mol. The molecule has 0 heterocycles. The summed E-state index contributed by atoms with van der Waals surface area (Å²) < 4.78 is 0. The predicted octanol–water partition coefficient (Wildman–Crippen LogP) is 1.01. The van der Waals surface area contributed by atoms with Gasteiger partial charge in [-0.05, 0) is 12.3 Å². The van der Waals surface area contributed by atoms with Gasteiger partial charge in [0.2, 0.25) is 5.91 Å². The molecule has 0 aliphatic carbocycles. The lowest BCUT2D eigenvalue weighted by molar-refractivity contribution is -0.138. The van der Waals surface area contributed by atoms with E-state index in [0.29, 0.717) is 12.3 Å². The van der Waals surface area contributed by atoms with Gasteiger partial charge in [0.25, 0.3) is 0 Å². The molecular weight excluding hydrogens is 170 g/mol. The normalized spacial score (nSPS) is 12.2. The van der Waals surface area contributed by atoms with Gasteiger partial charge in [-0.1, -0.05) is 20.3 Å². The highest BCUT2D eigenvalue weighted by Gasteiger charge is 2.05. The van der Waals surface area contributed by atoms with Crippen LogP contribution in [0, 0.1) is 5.92 Å². The lowest BCUT2D eigenvalue weighted by atomic mass is 10.0. The molecule has 76 valence electrons. The third-order valence-electron chi connectivity index (χ3n) is 2.00. The summed E-state index contributed by atoms with van der Waals surface area (Å²) in [6.45, 7) is 3.86. The summed E-state index contributed by atoms with van der Waals surface area (Å²) in [7, 11) is 0. The maximum absolute atomic E-state index is 11.0. The Balaban J connectivity index is 3.46. The van der Waals surface area contributed by atoms with E-state index in [4.69, 9.17) is 5.11 Å². The molecule has 0 rings (SSSR count). The zero-order valence-corrected chi connectivity index (χ0v) is 8.17. The first-order chi connectivity index (χ1) is 6.06. The summed E-state index contributed by atoms with van der Waals surface area (Å²) >= 11 is 0. The first-order valence-electron chi connectivity index (χ1n) is 4.54. The van der Waals surface area contributed by atoms with Gasteiger partial charge in [-0.25, -0.2) is 0 Å². The maximum atomic E-state index is 11.0. The molecular formula is C9H17NO3. The van der Waals surface area contributed by atoms with Crippen LogP contribution in [-0.4, -0.2) is 23.5 Å². The Bertz CT molecular complexity index is 180. The smallest absolute Gasteiger partial charge is 0.322 e. The zero-order chi connectivity index (χ0) is 10.3. The number of aliphatic carboxylic acids is 1. The molecule has 0 saturated carbocycles. The van der Waals surface area contributed by atoms with Gasteiger partial charge >= 0.3 is 5.97 Å². The first kappa shape index (κ1) is 11.9. The number of rotatable bonds is 6. The molecule has 1 amide bonds. The van der Waals surface area contributed by atoms with Crippen molar-refractivity contribution < 1.29 is 14.7 Å². The summed E-state index contributed by atoms with van der Waals surface area (Å²) in [5.41, 5.74) is 0. The molecule has 1 unspecified atom stereocenters. The van der Waals surface area contributed by atoms with Gasteiger partial charge in [0, 0.05) is 6.42 Å². The second kappa shape index (κ2) is 6.46. The van der Waals surface area contributed by atoms with Gasteiger partial charge in [0.1, 0.15) is 6.54 Å². The lowest BCUT2D eigenvalue weighted by Crippen LogP contribution is -2.29. The molecule has 0 bridgehead atoms. The molecule has 0 aromatic rings. The van der Waals surface area contributed by atoms with Gasteiger partial charge in [-0.3, -0.25) is 9.59 Å². The summed E-state index contributed by atoms with van der Waals surface area (Å²) in [5.74, 6) is -0.657. The molecule has 0 fully saturated rings. The minimum atomic E-state index is -1.00. The van der Waals surface area contributed by atoms with E-state index in [1.54, 1.807) is 0 Å². The van der Waals surface area contributed by atoms with E-state index in [1.165, 1.54) is 0 Å². The molecule has 0 aromatic carbocycles. The third kappa shape index (κ3) is 7.31. The molecule has 0 spiro atoms. The van der Waals surface area contributed by atoms with Crippen molar-refractivity contribution >= 4 is 11.9 Å². The van der Waals surface area contributed by atoms with Crippen molar-refractivity contribution in [1.82, 2.24) is 5.32 Å². The average Bonchev–Trinajstić information content (AvgIpc) is 2.10. The van der Waals surface area contributed by atoms with Crippen molar-refractivity contribution in [3.05, 3.63) is 0 Å². The van der Waals surface area contributed by atoms with Crippen LogP contribution in [0.2, 0.25) is 0 Å². The Kier molecular flexibility index (Phi) is 5.93. The van der Waals surface area contributed by atoms with Crippen LogP contribution in [0.4, 0.5) is 0 Å². The second-order valence-electron chi connectivity index (χ2n) is 3.22. The van der Waals surface area contributed by atoms with E-state index in [-0.39, 0.29) is 12.5 Å². The summed E-state index contributed by atoms with van der Waals surface area (Å²) in [4.78, 5) is 21.1. The zero-order valence-electron chi connectivity index (χ0n) is 8.17. The van der Waals surface area contributed by atoms with Gasteiger partial charge in [0.15, 0.2) is 0 Å². The molecule has 0 aromatic heterocycles. The van der Waals surface area contributed by atoms with Crippen molar-refractivity contribution in [3.63, 3.8) is 0 Å². The highest BCUT2D eigenvalue weighted by molar-refractivity contribution is 5.80. The van der Waals surface area contributed by atoms with E-state index in [0.717, 1.165) is 12.8 Å². The molecule has 13 heavy (non-hydrogen) atoms. The summed E-state index contributed by atoms with van der Waals surface area (Å²) in [5, 5.41) is 10.6. The Morgan fingerprint density at radius 2 is 2.08 bits per heavy atom. The fourth-order valence-corrected chi connectivity index (χ4v) is 0.844. The maximum Gasteiger partial charge on any atom is 0.322 e. The molecule has 0 radical (unpaired) electrons. The van der Waals surface area contributed by atoms with Crippen LogP contribution in [0.25, 0.3) is 0 Å². The number of carboxylic acids is 1. The van der Waals surface area contributed by atoms with Crippen LogP contribution < -0.4 is 5.32 Å². The topological polar surface area (TPSA) is 66.4 Å². The van der Waals surface area contributed by atoms with Crippen LogP contribution in [0.5, 0.6) is 0 Å². The standard InChI is InChI=1S/C9H17NO3/c1-3-7(2)4-5-8(11)10-6-9(12)13/h7H,3-6H2,1-2H3,(H,10,11)(H,12,13). The Morgan fingerprint density at radius 1 is 1.46 bits per heavy atom. The molecule has 4 nitrogen and oxygen atoms in total. The fraction of sp³-hybridized carbons (Fsp3) is 0.778. The number of hydrogen-bond donors (Lipinski definition) is 2. The summed E-state index contributed by atoms with van der Waals surface area (Å²) in [6.07, 6.45) is 2.29. The first-order valence-corrected chi connectivity index (χ1v) is 4.54. The fourth-order valence-electron chi connectivity index (χ4n) is 0.844. The third-order valence-corrected chi connectivity index (χ3v) is 2.00. The van der Waals surface area contributed by atoms with Crippen molar-refractivity contribution in [2.45, 2.75) is 33.1 Å². The van der Waals surface area contributed by atoms with E-state index < -0.39 is 5.97 Å². The number of nitrogens with one attached hydrogen (secondary N) is 1. The minimum absolute atomic E-state index is 0.178. The quantitative estimate of drug-likeness (QED) is 0.652. The largest absolute Gasteiger partial charge is 0.480 e. The molecule has 2 N–H and O–H groups in total. The van der Waals surface area contributed by atoms with E-state index in [9.17, 15) is 9.59 Å². The van der Waals surface area contributed by atoms with Crippen molar-refractivity contribution in [3.8, 4) is 0 Å². The van der Waals surface area contributed by atoms with E-state index >= 15 is 0 Å². The SMILES string of the molecule is CCC(C)CCC(=O)NCC(=O)O. The number of hydrogen-bond acceptors (Lipinski definition) is 2. The van der Waals surface area contributed by atoms with Gasteiger partial charge in [-0.15, -0.1) is 0 Å². The number of carbonyl (C=O) groups is 2. The van der Waals surface area contributed by atoms with Gasteiger partial charge in [-0.2, -0.15) is 0 Å². The number of carboxylic acid groups (broad SMARTS) is 1. The van der Waals surface area contributed by atoms with Crippen LogP contribution in [0.3, 0.4) is 0 Å². The molecule has 0 saturated heterocycles. The highest BCUT2D eigenvalue weighted by Crippen LogP contribution is 2.08. The lowest BCUT2D eigenvalue weighted by Gasteiger charge is -2.07. The minimum Gasteiger partial charge on any atom is -0.480 e. The highest BCUT2D eigenvalue weighted by atomic mass is 16.4. The Morgan fingerprint density at radius 3 is 2.54 bits per heavy atom. The van der Waals surface area contributed by atoms with Crippen molar-refractivity contribution in [2.24, 2.45) is 5.92 Å². The molecule has 4 heteroatoms.